The highest BCUT2D eigenvalue weighted by Crippen LogP contribution is 2.34. The van der Waals surface area contributed by atoms with E-state index < -0.39 is 0 Å². The Morgan fingerprint density at radius 2 is 2.21 bits per heavy atom. The van der Waals surface area contributed by atoms with E-state index in [2.05, 4.69) is 25.0 Å². The van der Waals surface area contributed by atoms with Gasteiger partial charge in [0.2, 0.25) is 0 Å². The zero-order valence-corrected chi connectivity index (χ0v) is 11.4. The fraction of sp³-hybridized carbons (Fsp3) is 0.273. The maximum atomic E-state index is 6.11. The summed E-state index contributed by atoms with van der Waals surface area (Å²) < 4.78 is 1.78. The van der Waals surface area contributed by atoms with Crippen LogP contribution in [0.2, 0.25) is 0 Å². The Labute approximate surface area is 113 Å². The number of hydrogen-bond acceptors (Lipinski definition) is 6. The maximum Gasteiger partial charge on any atom is 0.181 e. The summed E-state index contributed by atoms with van der Waals surface area (Å²) in [6.45, 7) is 2.03. The van der Waals surface area contributed by atoms with Crippen LogP contribution < -0.4 is 5.73 Å². The molecule has 19 heavy (non-hydrogen) atoms. The lowest BCUT2D eigenvalue weighted by molar-refractivity contribution is 0.687. The van der Waals surface area contributed by atoms with Gasteiger partial charge in [-0.1, -0.05) is 6.92 Å². The van der Waals surface area contributed by atoms with Crippen molar-refractivity contribution in [3.63, 3.8) is 0 Å². The van der Waals surface area contributed by atoms with E-state index in [1.165, 1.54) is 18.1 Å². The van der Waals surface area contributed by atoms with Gasteiger partial charge >= 0.3 is 0 Å². The number of hydrogen-bond donors (Lipinski definition) is 2. The third-order valence-electron chi connectivity index (χ3n) is 2.82. The number of aryl methyl sites for hydroxylation is 2. The zero-order valence-electron chi connectivity index (χ0n) is 10.6. The highest BCUT2D eigenvalue weighted by Gasteiger charge is 2.16. The number of rotatable bonds is 3. The van der Waals surface area contributed by atoms with Gasteiger partial charge in [0.15, 0.2) is 5.65 Å². The van der Waals surface area contributed by atoms with Crippen LogP contribution >= 0.6 is 11.8 Å². The largest absolute Gasteiger partial charge is 0.395 e. The molecule has 0 radical (unpaired) electrons. The number of nitrogens with one attached hydrogen (secondary N) is 1. The van der Waals surface area contributed by atoms with E-state index in [9.17, 15) is 0 Å². The van der Waals surface area contributed by atoms with Crippen molar-refractivity contribution in [1.29, 1.82) is 0 Å². The quantitative estimate of drug-likeness (QED) is 0.701. The Hall–Kier alpha value is -2.09. The molecule has 0 aromatic carbocycles. The molecule has 7 nitrogen and oxygen atoms in total. The molecule has 0 spiro atoms. The van der Waals surface area contributed by atoms with Crippen LogP contribution in [0.25, 0.3) is 11.2 Å². The van der Waals surface area contributed by atoms with Crippen LogP contribution in [0.3, 0.4) is 0 Å². The first-order chi connectivity index (χ1) is 9.20. The van der Waals surface area contributed by atoms with Gasteiger partial charge in [-0.15, -0.1) is 0 Å². The molecule has 0 aliphatic heterocycles. The van der Waals surface area contributed by atoms with Crippen molar-refractivity contribution in [2.45, 2.75) is 23.4 Å². The Bertz CT molecular complexity index is 730. The minimum atomic E-state index is 0.647. The number of anilines is 1. The molecule has 0 unspecified atom stereocenters. The number of nitrogens with zero attached hydrogens (tertiary/aromatic N) is 5. The van der Waals surface area contributed by atoms with Gasteiger partial charge < -0.3 is 10.7 Å². The van der Waals surface area contributed by atoms with Gasteiger partial charge in [-0.3, -0.25) is 4.68 Å². The number of imidazole rings is 1. The normalized spacial score (nSPS) is 11.3. The maximum absolute atomic E-state index is 6.11. The third kappa shape index (κ3) is 1.93. The summed E-state index contributed by atoms with van der Waals surface area (Å²) in [4.78, 5) is 15.5. The summed E-state index contributed by atoms with van der Waals surface area (Å²) in [5.74, 6) is 0. The molecule has 0 saturated carbocycles. The molecular weight excluding hydrogens is 262 g/mol. The molecule has 3 heterocycles. The van der Waals surface area contributed by atoms with Crippen molar-refractivity contribution in [1.82, 2.24) is 29.7 Å². The van der Waals surface area contributed by atoms with Crippen LogP contribution in [-0.4, -0.2) is 29.7 Å². The van der Waals surface area contributed by atoms with E-state index in [4.69, 9.17) is 5.73 Å². The summed E-state index contributed by atoms with van der Waals surface area (Å²) in [7, 11) is 1.88. The fourth-order valence-electron chi connectivity index (χ4n) is 1.87. The second kappa shape index (κ2) is 4.54. The van der Waals surface area contributed by atoms with Crippen molar-refractivity contribution in [2.24, 2.45) is 7.05 Å². The molecule has 3 aromatic heterocycles. The monoisotopic (exact) mass is 275 g/mol. The van der Waals surface area contributed by atoms with Crippen LogP contribution in [0.1, 0.15) is 12.6 Å². The van der Waals surface area contributed by atoms with E-state index in [1.54, 1.807) is 11.0 Å². The molecule has 0 saturated heterocycles. The highest BCUT2D eigenvalue weighted by molar-refractivity contribution is 7.99. The lowest BCUT2D eigenvalue weighted by Crippen LogP contribution is -1.95. The van der Waals surface area contributed by atoms with E-state index >= 15 is 0 Å². The number of nitrogen functional groups attached to an aromatic ring is 1. The van der Waals surface area contributed by atoms with E-state index in [1.807, 2.05) is 14.0 Å². The fourth-order valence-corrected chi connectivity index (χ4v) is 2.81. The SMILES string of the molecule is CCc1nn(C)c(Sc2ncnc3nc[nH]c23)c1N. The van der Waals surface area contributed by atoms with Gasteiger partial charge in [-0.25, -0.2) is 15.0 Å². The standard InChI is InChI=1S/C11H13N7S/c1-3-6-7(12)11(18(2)17-6)19-10-8-9(14-4-13-8)15-5-16-10/h4-5H,3,12H2,1-2H3,(H,13,14,15,16). The summed E-state index contributed by atoms with van der Waals surface area (Å²) in [5.41, 5.74) is 9.18. The van der Waals surface area contributed by atoms with Crippen molar-refractivity contribution in [3.8, 4) is 0 Å². The Kier molecular flexibility index (Phi) is 2.86. The van der Waals surface area contributed by atoms with Crippen molar-refractivity contribution in [2.75, 3.05) is 5.73 Å². The summed E-state index contributed by atoms with van der Waals surface area (Å²) in [5, 5.41) is 6.07. The van der Waals surface area contributed by atoms with Crippen LogP contribution in [0.15, 0.2) is 22.7 Å². The predicted octanol–water partition coefficient (Wildman–Crippen LogP) is 1.38. The average Bonchev–Trinajstić information content (AvgIpc) is 2.98. The number of aromatic amines is 1. The molecule has 3 aromatic rings. The van der Waals surface area contributed by atoms with Crippen molar-refractivity contribution >= 4 is 28.6 Å². The number of H-pyrrole nitrogens is 1. The summed E-state index contributed by atoms with van der Waals surface area (Å²) in [6, 6.07) is 0. The molecule has 3 N–H and O–H groups in total. The first kappa shape index (κ1) is 12.0. The van der Waals surface area contributed by atoms with Crippen LogP contribution in [-0.2, 0) is 13.5 Å². The predicted molar refractivity (Wildman–Crippen MR) is 72.8 cm³/mol. The molecule has 0 bridgehead atoms. The average molecular weight is 275 g/mol. The van der Waals surface area contributed by atoms with Crippen LogP contribution in [0, 0.1) is 0 Å². The lowest BCUT2D eigenvalue weighted by atomic mass is 10.3. The molecule has 0 atom stereocenters. The second-order valence-electron chi connectivity index (χ2n) is 4.02. The van der Waals surface area contributed by atoms with Crippen LogP contribution in [0.5, 0.6) is 0 Å². The number of aromatic nitrogens is 6. The Morgan fingerprint density at radius 1 is 1.37 bits per heavy atom. The van der Waals surface area contributed by atoms with E-state index in [-0.39, 0.29) is 0 Å². The zero-order chi connectivity index (χ0) is 13.4. The topological polar surface area (TPSA) is 98.3 Å². The van der Waals surface area contributed by atoms with Gasteiger partial charge in [0.05, 0.1) is 17.7 Å². The highest BCUT2D eigenvalue weighted by atomic mass is 32.2. The minimum absolute atomic E-state index is 0.647. The van der Waals surface area contributed by atoms with E-state index in [0.717, 1.165) is 27.7 Å². The minimum Gasteiger partial charge on any atom is -0.395 e. The lowest BCUT2D eigenvalue weighted by Gasteiger charge is -2.03. The molecule has 98 valence electrons. The van der Waals surface area contributed by atoms with Gasteiger partial charge in [0.1, 0.15) is 21.9 Å². The second-order valence-corrected chi connectivity index (χ2v) is 5.00. The first-order valence-electron chi connectivity index (χ1n) is 5.84. The van der Waals surface area contributed by atoms with Crippen LogP contribution in [0.4, 0.5) is 5.69 Å². The molecule has 3 rings (SSSR count). The molecule has 8 heteroatoms. The Morgan fingerprint density at radius 3 is 2.95 bits per heavy atom. The third-order valence-corrected chi connectivity index (χ3v) is 4.00. The van der Waals surface area contributed by atoms with Gasteiger partial charge in [-0.05, 0) is 18.2 Å². The molecule has 0 aliphatic carbocycles. The summed E-state index contributed by atoms with van der Waals surface area (Å²) >= 11 is 1.46. The molecular formula is C11H13N7S. The van der Waals surface area contributed by atoms with Gasteiger partial charge in [0.25, 0.3) is 0 Å². The van der Waals surface area contributed by atoms with Crippen molar-refractivity contribution in [3.05, 3.63) is 18.3 Å². The van der Waals surface area contributed by atoms with E-state index in [0.29, 0.717) is 11.3 Å². The number of fused-ring (bicyclic) bond motifs is 1. The Balaban J connectivity index is 2.06. The van der Waals surface area contributed by atoms with Gasteiger partial charge in [0, 0.05) is 7.05 Å². The number of nitrogens with two attached hydrogens (primary N) is 1. The van der Waals surface area contributed by atoms with Gasteiger partial charge in [-0.2, -0.15) is 5.10 Å². The summed E-state index contributed by atoms with van der Waals surface area (Å²) in [6.07, 6.45) is 3.91. The molecule has 0 aliphatic rings. The van der Waals surface area contributed by atoms with Crippen molar-refractivity contribution < 1.29 is 0 Å². The first-order valence-corrected chi connectivity index (χ1v) is 6.65. The smallest absolute Gasteiger partial charge is 0.181 e. The molecule has 0 amide bonds. The molecule has 0 fully saturated rings.